The highest BCUT2D eigenvalue weighted by molar-refractivity contribution is 8.23. The highest BCUT2D eigenvalue weighted by Gasteiger charge is 2.19. The molecule has 3 nitrogen and oxygen atoms in total. The van der Waals surface area contributed by atoms with Crippen LogP contribution in [0.3, 0.4) is 0 Å². The molecule has 2 heterocycles. The van der Waals surface area contributed by atoms with Gasteiger partial charge in [-0.2, -0.15) is 0 Å². The van der Waals surface area contributed by atoms with E-state index >= 15 is 0 Å². The second-order valence-electron chi connectivity index (χ2n) is 4.69. The molecule has 2 saturated heterocycles. The number of hydrogen-bond acceptors (Lipinski definition) is 3. The molecule has 0 bridgehead atoms. The van der Waals surface area contributed by atoms with Gasteiger partial charge in [-0.1, -0.05) is 24.0 Å². The fourth-order valence-corrected chi connectivity index (χ4v) is 3.50. The largest absolute Gasteiger partial charge is 0.358 e. The van der Waals surface area contributed by atoms with Gasteiger partial charge in [0.15, 0.2) is 0 Å². The van der Waals surface area contributed by atoms with E-state index in [1.807, 2.05) is 4.90 Å². The van der Waals surface area contributed by atoms with Crippen molar-refractivity contribution in [3.8, 4) is 0 Å². The molecule has 5 heteroatoms. The van der Waals surface area contributed by atoms with Crippen molar-refractivity contribution in [3.05, 3.63) is 0 Å². The minimum Gasteiger partial charge on any atom is -0.358 e. The predicted octanol–water partition coefficient (Wildman–Crippen LogP) is 2.11. The Bertz CT molecular complexity index is 284. The van der Waals surface area contributed by atoms with E-state index in [4.69, 9.17) is 12.2 Å². The summed E-state index contributed by atoms with van der Waals surface area (Å²) in [5.41, 5.74) is 0. The number of amides is 1. The van der Waals surface area contributed by atoms with Crippen LogP contribution >= 0.6 is 24.0 Å². The predicted molar refractivity (Wildman–Crippen MR) is 76.3 cm³/mol. The topological polar surface area (TPSA) is 23.6 Å². The zero-order valence-electron chi connectivity index (χ0n) is 10.2. The molecular weight excluding hydrogens is 252 g/mol. The second kappa shape index (κ2) is 6.59. The summed E-state index contributed by atoms with van der Waals surface area (Å²) in [7, 11) is 0. The quantitative estimate of drug-likeness (QED) is 0.718. The minimum absolute atomic E-state index is 0.260. The van der Waals surface area contributed by atoms with Gasteiger partial charge in [0.25, 0.3) is 0 Å². The summed E-state index contributed by atoms with van der Waals surface area (Å²) in [5.74, 6) is 0.784. The number of thioether (sulfide) groups is 1. The Morgan fingerprint density at radius 1 is 0.941 bits per heavy atom. The average Bonchev–Trinajstić information content (AvgIpc) is 2.90. The molecule has 0 saturated carbocycles. The van der Waals surface area contributed by atoms with Crippen LogP contribution in [0.4, 0.5) is 0 Å². The Morgan fingerprint density at radius 3 is 2.12 bits per heavy atom. The van der Waals surface area contributed by atoms with Gasteiger partial charge in [0, 0.05) is 26.2 Å². The first-order valence-corrected chi connectivity index (χ1v) is 7.86. The maximum Gasteiger partial charge on any atom is 0.233 e. The van der Waals surface area contributed by atoms with Crippen molar-refractivity contribution in [2.45, 2.75) is 32.1 Å². The third-order valence-electron chi connectivity index (χ3n) is 3.39. The van der Waals surface area contributed by atoms with Crippen molar-refractivity contribution in [2.75, 3.05) is 31.9 Å². The molecule has 1 amide bonds. The van der Waals surface area contributed by atoms with Crippen LogP contribution in [0.5, 0.6) is 0 Å². The molecule has 2 rings (SSSR count). The van der Waals surface area contributed by atoms with Gasteiger partial charge in [-0.05, 0) is 32.1 Å². The third kappa shape index (κ3) is 3.85. The number of likely N-dealkylation sites (tertiary alicyclic amines) is 2. The van der Waals surface area contributed by atoms with Crippen LogP contribution in [0.25, 0.3) is 0 Å². The summed E-state index contributed by atoms with van der Waals surface area (Å²) in [4.78, 5) is 16.2. The standard InChI is InChI=1S/C12H20N2OS2/c15-11(13-6-2-1-3-7-13)10-17-12(16)14-8-4-5-9-14/h1-10H2. The molecule has 0 atom stereocenters. The Balaban J connectivity index is 1.69. The van der Waals surface area contributed by atoms with Gasteiger partial charge in [0.05, 0.1) is 5.75 Å². The molecule has 2 aliphatic heterocycles. The van der Waals surface area contributed by atoms with E-state index in [1.54, 1.807) is 11.8 Å². The van der Waals surface area contributed by atoms with Crippen LogP contribution in [0.15, 0.2) is 0 Å². The van der Waals surface area contributed by atoms with Gasteiger partial charge in [-0.3, -0.25) is 4.79 Å². The number of piperidine rings is 1. The van der Waals surface area contributed by atoms with Gasteiger partial charge < -0.3 is 9.80 Å². The Hall–Kier alpha value is -0.290. The van der Waals surface area contributed by atoms with Crippen molar-refractivity contribution >= 4 is 34.2 Å². The van der Waals surface area contributed by atoms with Crippen molar-refractivity contribution in [1.29, 1.82) is 0 Å². The number of nitrogens with zero attached hydrogens (tertiary/aromatic N) is 2. The Kier molecular flexibility index (Phi) is 5.10. The molecule has 96 valence electrons. The molecule has 0 unspecified atom stereocenters. The molecule has 0 aromatic carbocycles. The van der Waals surface area contributed by atoms with E-state index in [2.05, 4.69) is 4.90 Å². The first-order valence-electron chi connectivity index (χ1n) is 6.47. The van der Waals surface area contributed by atoms with E-state index in [0.717, 1.165) is 43.3 Å². The fraction of sp³-hybridized carbons (Fsp3) is 0.833. The van der Waals surface area contributed by atoms with Crippen molar-refractivity contribution < 1.29 is 4.79 Å². The van der Waals surface area contributed by atoms with Crippen molar-refractivity contribution in [1.82, 2.24) is 9.80 Å². The Labute approximate surface area is 113 Å². The zero-order chi connectivity index (χ0) is 12.1. The monoisotopic (exact) mass is 272 g/mol. The SMILES string of the molecule is O=C(CSC(=S)N1CCCC1)N1CCCCC1. The minimum atomic E-state index is 0.260. The van der Waals surface area contributed by atoms with Crippen LogP contribution in [-0.4, -0.2) is 52.0 Å². The molecule has 0 aromatic heterocycles. The number of carbonyl (C=O) groups is 1. The lowest BCUT2D eigenvalue weighted by atomic mass is 10.1. The van der Waals surface area contributed by atoms with Gasteiger partial charge >= 0.3 is 0 Å². The first kappa shape index (κ1) is 13.1. The molecular formula is C12H20N2OS2. The average molecular weight is 272 g/mol. The molecule has 0 N–H and O–H groups in total. The maximum absolute atomic E-state index is 11.9. The van der Waals surface area contributed by atoms with E-state index in [0.29, 0.717) is 5.75 Å². The lowest BCUT2D eigenvalue weighted by Gasteiger charge is -2.27. The van der Waals surface area contributed by atoms with E-state index < -0.39 is 0 Å². The second-order valence-corrected chi connectivity index (χ2v) is 6.30. The number of hydrogen-bond donors (Lipinski definition) is 0. The van der Waals surface area contributed by atoms with Gasteiger partial charge in [-0.25, -0.2) is 0 Å². The molecule has 0 radical (unpaired) electrons. The first-order chi connectivity index (χ1) is 8.27. The van der Waals surface area contributed by atoms with Crippen molar-refractivity contribution in [2.24, 2.45) is 0 Å². The highest BCUT2D eigenvalue weighted by Crippen LogP contribution is 2.17. The summed E-state index contributed by atoms with van der Waals surface area (Å²) < 4.78 is 0.910. The summed E-state index contributed by atoms with van der Waals surface area (Å²) >= 11 is 6.89. The van der Waals surface area contributed by atoms with Crippen LogP contribution in [0, 0.1) is 0 Å². The van der Waals surface area contributed by atoms with Crippen LogP contribution in [0.2, 0.25) is 0 Å². The summed E-state index contributed by atoms with van der Waals surface area (Å²) in [5, 5.41) is 0. The molecule has 0 aromatic rings. The Morgan fingerprint density at radius 2 is 1.47 bits per heavy atom. The number of carbonyl (C=O) groups excluding carboxylic acids is 1. The van der Waals surface area contributed by atoms with Gasteiger partial charge in [0.2, 0.25) is 5.91 Å². The molecule has 2 fully saturated rings. The summed E-state index contributed by atoms with van der Waals surface area (Å²) in [6.07, 6.45) is 6.06. The van der Waals surface area contributed by atoms with Crippen molar-refractivity contribution in [3.63, 3.8) is 0 Å². The molecule has 17 heavy (non-hydrogen) atoms. The lowest BCUT2D eigenvalue weighted by molar-refractivity contribution is -0.129. The van der Waals surface area contributed by atoms with Gasteiger partial charge in [0.1, 0.15) is 4.32 Å². The molecule has 0 aliphatic carbocycles. The summed E-state index contributed by atoms with van der Waals surface area (Å²) in [6, 6.07) is 0. The van der Waals surface area contributed by atoms with E-state index in [-0.39, 0.29) is 5.91 Å². The normalized spacial score (nSPS) is 20.7. The highest BCUT2D eigenvalue weighted by atomic mass is 32.2. The van der Waals surface area contributed by atoms with E-state index in [9.17, 15) is 4.79 Å². The van der Waals surface area contributed by atoms with Crippen LogP contribution in [0.1, 0.15) is 32.1 Å². The third-order valence-corrected chi connectivity index (χ3v) is 4.90. The summed E-state index contributed by atoms with van der Waals surface area (Å²) in [6.45, 7) is 4.03. The number of thiocarbonyl (C=S) groups is 1. The van der Waals surface area contributed by atoms with Crippen LogP contribution < -0.4 is 0 Å². The smallest absolute Gasteiger partial charge is 0.233 e. The zero-order valence-corrected chi connectivity index (χ0v) is 11.8. The molecule has 0 spiro atoms. The fourth-order valence-electron chi connectivity index (χ4n) is 2.35. The number of rotatable bonds is 2. The van der Waals surface area contributed by atoms with Gasteiger partial charge in [-0.15, -0.1) is 0 Å². The lowest BCUT2D eigenvalue weighted by Crippen LogP contribution is -2.37. The molecule has 2 aliphatic rings. The van der Waals surface area contributed by atoms with Crippen LogP contribution in [-0.2, 0) is 4.79 Å². The van der Waals surface area contributed by atoms with E-state index in [1.165, 1.54) is 19.3 Å². The maximum atomic E-state index is 11.9.